The number of nitrogens with zero attached hydrogens (tertiary/aromatic N) is 4. The van der Waals surface area contributed by atoms with E-state index >= 15 is 0 Å². The SMILES string of the molecule is O=C(O)CC1CCCN1c1nnc2ccccc2n1. The standard InChI is InChI=1S/C13H14N4O2/c18-12(19)8-9-4-3-7-17(9)13-14-10-5-1-2-6-11(10)15-16-13/h1-2,5-6,9H,3-4,7-8H2,(H,18,19). The second kappa shape index (κ2) is 4.79. The maximum Gasteiger partial charge on any atom is 0.305 e. The number of anilines is 1. The average molecular weight is 258 g/mol. The quantitative estimate of drug-likeness (QED) is 0.898. The zero-order valence-electron chi connectivity index (χ0n) is 10.4. The normalized spacial score (nSPS) is 18.9. The van der Waals surface area contributed by atoms with E-state index in [1.165, 1.54) is 0 Å². The van der Waals surface area contributed by atoms with Crippen molar-refractivity contribution < 1.29 is 9.90 Å². The summed E-state index contributed by atoms with van der Waals surface area (Å²) in [5, 5.41) is 17.2. The topological polar surface area (TPSA) is 79.2 Å². The summed E-state index contributed by atoms with van der Waals surface area (Å²) in [7, 11) is 0. The summed E-state index contributed by atoms with van der Waals surface area (Å²) in [5.74, 6) is -0.256. The fourth-order valence-corrected chi connectivity index (χ4v) is 2.51. The van der Waals surface area contributed by atoms with Crippen molar-refractivity contribution in [2.75, 3.05) is 11.4 Å². The van der Waals surface area contributed by atoms with Crippen molar-refractivity contribution in [2.24, 2.45) is 0 Å². The van der Waals surface area contributed by atoms with Gasteiger partial charge in [0.25, 0.3) is 0 Å². The summed E-state index contributed by atoms with van der Waals surface area (Å²) in [4.78, 5) is 17.3. The number of fused-ring (bicyclic) bond motifs is 1. The van der Waals surface area contributed by atoms with Crippen LogP contribution in [0, 0.1) is 0 Å². The Kier molecular flexibility index (Phi) is 2.98. The molecule has 0 radical (unpaired) electrons. The molecule has 1 aliphatic rings. The molecule has 98 valence electrons. The molecular weight excluding hydrogens is 244 g/mol. The average Bonchev–Trinajstić information content (AvgIpc) is 2.85. The first-order valence-corrected chi connectivity index (χ1v) is 6.32. The van der Waals surface area contributed by atoms with Crippen LogP contribution >= 0.6 is 0 Å². The molecule has 1 saturated heterocycles. The first-order valence-electron chi connectivity index (χ1n) is 6.32. The van der Waals surface area contributed by atoms with Gasteiger partial charge in [0, 0.05) is 12.6 Å². The molecule has 0 amide bonds. The number of hydrogen-bond donors (Lipinski definition) is 1. The van der Waals surface area contributed by atoms with E-state index < -0.39 is 5.97 Å². The highest BCUT2D eigenvalue weighted by molar-refractivity contribution is 5.74. The number of benzene rings is 1. The molecule has 0 spiro atoms. The Hall–Kier alpha value is -2.24. The second-order valence-electron chi connectivity index (χ2n) is 4.69. The van der Waals surface area contributed by atoms with Gasteiger partial charge in [-0.2, -0.15) is 0 Å². The third-order valence-electron chi connectivity index (χ3n) is 3.39. The van der Waals surface area contributed by atoms with Gasteiger partial charge < -0.3 is 10.0 Å². The largest absolute Gasteiger partial charge is 0.481 e. The molecule has 1 fully saturated rings. The lowest BCUT2D eigenvalue weighted by Gasteiger charge is -2.22. The van der Waals surface area contributed by atoms with Crippen LogP contribution in [-0.2, 0) is 4.79 Å². The summed E-state index contributed by atoms with van der Waals surface area (Å²) >= 11 is 0. The van der Waals surface area contributed by atoms with Crippen molar-refractivity contribution in [3.05, 3.63) is 24.3 Å². The molecular formula is C13H14N4O2. The van der Waals surface area contributed by atoms with Crippen molar-refractivity contribution in [3.63, 3.8) is 0 Å². The summed E-state index contributed by atoms with van der Waals surface area (Å²) in [6.45, 7) is 0.790. The number of hydrogen-bond acceptors (Lipinski definition) is 5. The van der Waals surface area contributed by atoms with Crippen molar-refractivity contribution in [2.45, 2.75) is 25.3 Å². The van der Waals surface area contributed by atoms with Gasteiger partial charge >= 0.3 is 5.97 Å². The van der Waals surface area contributed by atoms with Gasteiger partial charge in [0.1, 0.15) is 5.52 Å². The molecule has 1 aliphatic heterocycles. The maximum absolute atomic E-state index is 10.9. The van der Waals surface area contributed by atoms with Crippen LogP contribution in [0.2, 0.25) is 0 Å². The Labute approximate surface area is 110 Å². The molecule has 2 heterocycles. The van der Waals surface area contributed by atoms with Crippen LogP contribution in [0.15, 0.2) is 24.3 Å². The molecule has 1 aromatic heterocycles. The highest BCUT2D eigenvalue weighted by Crippen LogP contribution is 2.25. The predicted octanol–water partition coefficient (Wildman–Crippen LogP) is 1.47. The molecule has 2 aromatic rings. The van der Waals surface area contributed by atoms with E-state index in [0.29, 0.717) is 5.95 Å². The number of aromatic nitrogens is 3. The van der Waals surface area contributed by atoms with Crippen LogP contribution < -0.4 is 4.90 Å². The van der Waals surface area contributed by atoms with Crippen molar-refractivity contribution in [3.8, 4) is 0 Å². The Morgan fingerprint density at radius 2 is 2.11 bits per heavy atom. The molecule has 3 rings (SSSR count). The molecule has 1 aromatic carbocycles. The minimum atomic E-state index is -0.786. The zero-order valence-corrected chi connectivity index (χ0v) is 10.4. The number of rotatable bonds is 3. The molecule has 0 aliphatic carbocycles. The van der Waals surface area contributed by atoms with Gasteiger partial charge in [-0.05, 0) is 25.0 Å². The summed E-state index contributed by atoms with van der Waals surface area (Å²) < 4.78 is 0. The van der Waals surface area contributed by atoms with Crippen LogP contribution in [0.1, 0.15) is 19.3 Å². The first-order chi connectivity index (χ1) is 9.24. The molecule has 6 heteroatoms. The van der Waals surface area contributed by atoms with E-state index in [2.05, 4.69) is 15.2 Å². The van der Waals surface area contributed by atoms with Gasteiger partial charge in [-0.3, -0.25) is 4.79 Å². The predicted molar refractivity (Wildman–Crippen MR) is 70.0 cm³/mol. The second-order valence-corrected chi connectivity index (χ2v) is 4.69. The van der Waals surface area contributed by atoms with E-state index in [9.17, 15) is 4.79 Å². The molecule has 1 N–H and O–H groups in total. The fourth-order valence-electron chi connectivity index (χ4n) is 2.51. The monoisotopic (exact) mass is 258 g/mol. The van der Waals surface area contributed by atoms with Gasteiger partial charge in [-0.1, -0.05) is 12.1 Å². The lowest BCUT2D eigenvalue weighted by molar-refractivity contribution is -0.137. The Bertz CT molecular complexity index is 616. The maximum atomic E-state index is 10.9. The Balaban J connectivity index is 1.92. The molecule has 0 bridgehead atoms. The zero-order chi connectivity index (χ0) is 13.2. The van der Waals surface area contributed by atoms with Gasteiger partial charge in [-0.25, -0.2) is 4.98 Å². The molecule has 6 nitrogen and oxygen atoms in total. The van der Waals surface area contributed by atoms with Crippen LogP contribution in [0.25, 0.3) is 11.0 Å². The lowest BCUT2D eigenvalue weighted by Crippen LogP contribution is -2.32. The number of carboxylic acid groups (broad SMARTS) is 1. The summed E-state index contributed by atoms with van der Waals surface area (Å²) in [5.41, 5.74) is 1.54. The van der Waals surface area contributed by atoms with Crippen molar-refractivity contribution >= 4 is 23.0 Å². The van der Waals surface area contributed by atoms with E-state index in [-0.39, 0.29) is 12.5 Å². The van der Waals surface area contributed by atoms with Gasteiger partial charge in [0.15, 0.2) is 0 Å². The molecule has 1 unspecified atom stereocenters. The van der Waals surface area contributed by atoms with Gasteiger partial charge in [0.05, 0.1) is 11.9 Å². The van der Waals surface area contributed by atoms with Gasteiger partial charge in [0.2, 0.25) is 5.95 Å². The van der Waals surface area contributed by atoms with E-state index in [0.717, 1.165) is 30.4 Å². The third kappa shape index (κ3) is 2.33. The van der Waals surface area contributed by atoms with E-state index in [1.807, 2.05) is 29.2 Å². The first kappa shape index (κ1) is 11.8. The van der Waals surface area contributed by atoms with Crippen molar-refractivity contribution in [1.82, 2.24) is 15.2 Å². The van der Waals surface area contributed by atoms with Crippen LogP contribution in [0.3, 0.4) is 0 Å². The minimum absolute atomic E-state index is 0.0273. The number of para-hydroxylation sites is 1. The number of carboxylic acids is 1. The van der Waals surface area contributed by atoms with E-state index in [4.69, 9.17) is 5.11 Å². The third-order valence-corrected chi connectivity index (χ3v) is 3.39. The highest BCUT2D eigenvalue weighted by atomic mass is 16.4. The minimum Gasteiger partial charge on any atom is -0.481 e. The lowest BCUT2D eigenvalue weighted by atomic mass is 10.1. The van der Waals surface area contributed by atoms with Gasteiger partial charge in [-0.15, -0.1) is 10.2 Å². The smallest absolute Gasteiger partial charge is 0.305 e. The van der Waals surface area contributed by atoms with Crippen LogP contribution in [-0.4, -0.2) is 38.8 Å². The molecule has 19 heavy (non-hydrogen) atoms. The van der Waals surface area contributed by atoms with Crippen LogP contribution in [0.5, 0.6) is 0 Å². The molecule has 0 saturated carbocycles. The summed E-state index contributed by atoms with van der Waals surface area (Å²) in [6, 6.07) is 7.51. The number of carbonyl (C=O) groups is 1. The summed E-state index contributed by atoms with van der Waals surface area (Å²) in [6.07, 6.45) is 1.95. The Morgan fingerprint density at radius 3 is 2.89 bits per heavy atom. The van der Waals surface area contributed by atoms with Crippen molar-refractivity contribution in [1.29, 1.82) is 0 Å². The number of aliphatic carboxylic acids is 1. The highest BCUT2D eigenvalue weighted by Gasteiger charge is 2.28. The van der Waals surface area contributed by atoms with Crippen LogP contribution in [0.4, 0.5) is 5.95 Å². The Morgan fingerprint density at radius 1 is 1.32 bits per heavy atom. The molecule has 1 atom stereocenters. The van der Waals surface area contributed by atoms with E-state index in [1.54, 1.807) is 0 Å². The fraction of sp³-hybridized carbons (Fsp3) is 0.385.